The van der Waals surface area contributed by atoms with Gasteiger partial charge >= 0.3 is 5.69 Å². The summed E-state index contributed by atoms with van der Waals surface area (Å²) >= 11 is 0. The van der Waals surface area contributed by atoms with Gasteiger partial charge in [-0.15, -0.1) is 0 Å². The summed E-state index contributed by atoms with van der Waals surface area (Å²) in [5.74, 6) is 0.316. The van der Waals surface area contributed by atoms with Crippen LogP contribution in [0.2, 0.25) is 0 Å². The van der Waals surface area contributed by atoms with Crippen LogP contribution in [-0.2, 0) is 32.6 Å². The second-order valence-corrected chi connectivity index (χ2v) is 11.8. The maximum Gasteiger partial charge on any atom is 0.329 e. The minimum absolute atomic E-state index is 0.0138. The van der Waals surface area contributed by atoms with E-state index in [0.717, 1.165) is 11.1 Å². The highest BCUT2D eigenvalue weighted by atomic mass is 32.2. The Balaban J connectivity index is 1.62. The molecule has 9 heteroatoms. The first-order valence-electron chi connectivity index (χ1n) is 12.1. The number of nitrogens with one attached hydrogen (secondary N) is 1. The quantitative estimate of drug-likeness (QED) is 0.505. The average molecular weight is 502 g/mol. The van der Waals surface area contributed by atoms with Crippen molar-refractivity contribution >= 4 is 26.7 Å². The van der Waals surface area contributed by atoms with Gasteiger partial charge < -0.3 is 9.47 Å². The molecule has 1 aromatic heterocycles. The largest absolute Gasteiger partial charge is 0.348 e. The first kappa shape index (κ1) is 25.5. The van der Waals surface area contributed by atoms with Gasteiger partial charge in [0, 0.05) is 29.8 Å². The molecule has 35 heavy (non-hydrogen) atoms. The van der Waals surface area contributed by atoms with Gasteiger partial charge in [0.25, 0.3) is 10.0 Å². The Kier molecular flexibility index (Phi) is 6.87. The normalized spacial score (nSPS) is 20.4. The second-order valence-electron chi connectivity index (χ2n) is 10.1. The number of hydrogen-bond donors (Lipinski definition) is 1. The van der Waals surface area contributed by atoms with Crippen LogP contribution in [0.15, 0.2) is 52.2 Å². The number of benzene rings is 2. The lowest BCUT2D eigenvalue weighted by Gasteiger charge is -2.44. The maximum absolute atomic E-state index is 13.3. The Morgan fingerprint density at radius 3 is 2.40 bits per heavy atom. The summed E-state index contributed by atoms with van der Waals surface area (Å²) < 4.78 is 44.7. The molecule has 1 N–H and O–H groups in total. The van der Waals surface area contributed by atoms with Gasteiger partial charge in [0.05, 0.1) is 28.6 Å². The van der Waals surface area contributed by atoms with Crippen LogP contribution in [0.3, 0.4) is 0 Å². The van der Waals surface area contributed by atoms with Crippen LogP contribution in [-0.4, -0.2) is 30.3 Å². The van der Waals surface area contributed by atoms with Crippen LogP contribution in [0, 0.1) is 11.3 Å². The van der Waals surface area contributed by atoms with E-state index < -0.39 is 16.3 Å². The fourth-order valence-corrected chi connectivity index (χ4v) is 6.07. The Bertz CT molecular complexity index is 1390. The lowest BCUT2D eigenvalue weighted by Crippen LogP contribution is -2.45. The minimum Gasteiger partial charge on any atom is -0.348 e. The molecule has 3 aromatic rings. The third-order valence-electron chi connectivity index (χ3n) is 6.60. The van der Waals surface area contributed by atoms with Crippen molar-refractivity contribution in [3.63, 3.8) is 0 Å². The first-order valence-corrected chi connectivity index (χ1v) is 13.6. The number of sulfonamides is 1. The van der Waals surface area contributed by atoms with Crippen molar-refractivity contribution < 1.29 is 17.9 Å². The highest BCUT2D eigenvalue weighted by Crippen LogP contribution is 2.40. The lowest BCUT2D eigenvalue weighted by molar-refractivity contribution is -0.274. The summed E-state index contributed by atoms with van der Waals surface area (Å²) in [6, 6.07) is 11.9. The summed E-state index contributed by atoms with van der Waals surface area (Å²) in [6.45, 7) is 13.8. The monoisotopic (exact) mass is 501 g/mol. The van der Waals surface area contributed by atoms with Crippen LogP contribution >= 0.6 is 0 Å². The topological polar surface area (TPSA) is 91.6 Å². The Morgan fingerprint density at radius 1 is 1.06 bits per heavy atom. The third kappa shape index (κ3) is 4.77. The number of fused-ring (bicyclic) bond motifs is 1. The van der Waals surface area contributed by atoms with Gasteiger partial charge in [-0.3, -0.25) is 13.9 Å². The number of hydrogen-bond acceptors (Lipinski definition) is 5. The SMILES string of the molecule is CCn1c(=O)n(CC)c2cc(S(=O)(=O)Nc3cccc([C@H]4OCC(C)(C)[C@H](C(C)C)O4)c3)ccc21. The number of aryl methyl sites for hydroxylation is 2. The fraction of sp³-hybridized carbons (Fsp3) is 0.500. The summed E-state index contributed by atoms with van der Waals surface area (Å²) in [7, 11) is -3.89. The van der Waals surface area contributed by atoms with Crippen LogP contribution in [0.1, 0.15) is 53.4 Å². The molecule has 1 fully saturated rings. The van der Waals surface area contributed by atoms with Crippen LogP contribution < -0.4 is 10.4 Å². The average Bonchev–Trinajstić information content (AvgIpc) is 3.08. The molecule has 4 rings (SSSR count). The van der Waals surface area contributed by atoms with E-state index in [1.807, 2.05) is 19.9 Å². The molecule has 1 aliphatic heterocycles. The van der Waals surface area contributed by atoms with Crippen LogP contribution in [0.25, 0.3) is 11.0 Å². The van der Waals surface area contributed by atoms with E-state index in [9.17, 15) is 13.2 Å². The zero-order chi connectivity index (χ0) is 25.5. The molecular weight excluding hydrogens is 466 g/mol. The van der Waals surface area contributed by atoms with E-state index >= 15 is 0 Å². The van der Waals surface area contributed by atoms with E-state index in [1.165, 1.54) is 6.07 Å². The molecule has 1 aliphatic rings. The van der Waals surface area contributed by atoms with Gasteiger partial charge in [-0.25, -0.2) is 13.2 Å². The van der Waals surface area contributed by atoms with Gasteiger partial charge in [0.2, 0.25) is 0 Å². The molecule has 0 spiro atoms. The number of nitrogens with zero attached hydrogens (tertiary/aromatic N) is 2. The molecule has 2 atom stereocenters. The van der Waals surface area contributed by atoms with Crippen molar-refractivity contribution in [1.82, 2.24) is 9.13 Å². The van der Waals surface area contributed by atoms with E-state index in [4.69, 9.17) is 9.47 Å². The number of imidazole rings is 1. The van der Waals surface area contributed by atoms with E-state index in [2.05, 4.69) is 32.4 Å². The van der Waals surface area contributed by atoms with E-state index in [1.54, 1.807) is 39.5 Å². The highest BCUT2D eigenvalue weighted by Gasteiger charge is 2.40. The van der Waals surface area contributed by atoms with Crippen molar-refractivity contribution in [2.45, 2.75) is 71.9 Å². The Hall–Kier alpha value is -2.62. The predicted molar refractivity (Wildman–Crippen MR) is 137 cm³/mol. The van der Waals surface area contributed by atoms with Crippen molar-refractivity contribution in [1.29, 1.82) is 0 Å². The Morgan fingerprint density at radius 2 is 1.74 bits per heavy atom. The van der Waals surface area contributed by atoms with Crippen LogP contribution in [0.4, 0.5) is 5.69 Å². The number of anilines is 1. The van der Waals surface area contributed by atoms with Crippen molar-refractivity contribution in [3.8, 4) is 0 Å². The van der Waals surface area contributed by atoms with Gasteiger partial charge in [-0.05, 0) is 50.1 Å². The summed E-state index contributed by atoms with van der Waals surface area (Å²) in [6.07, 6.45) is -0.552. The first-order chi connectivity index (χ1) is 16.5. The van der Waals surface area contributed by atoms with Gasteiger partial charge in [0.1, 0.15) is 0 Å². The Labute approximate surface area is 206 Å². The summed E-state index contributed by atoms with van der Waals surface area (Å²) in [4.78, 5) is 12.7. The molecule has 0 bridgehead atoms. The standard InChI is InChI=1S/C26H35N3O5S/c1-7-28-21-13-12-20(15-22(21)29(8-2)25(28)30)35(31,32)27-19-11-9-10-18(14-19)24-33-16-26(5,6)23(34-24)17(3)4/h9-15,17,23-24,27H,7-8,16H2,1-6H3/t23-,24-/m0/s1. The number of aromatic nitrogens is 2. The smallest absolute Gasteiger partial charge is 0.329 e. The molecule has 0 unspecified atom stereocenters. The molecule has 2 aromatic carbocycles. The van der Waals surface area contributed by atoms with Gasteiger partial charge in [0.15, 0.2) is 6.29 Å². The fourth-order valence-electron chi connectivity index (χ4n) is 5.00. The molecule has 190 valence electrons. The van der Waals surface area contributed by atoms with Gasteiger partial charge in [-0.1, -0.05) is 39.8 Å². The van der Waals surface area contributed by atoms with Crippen molar-refractivity contribution in [2.24, 2.45) is 11.3 Å². The molecule has 0 amide bonds. The predicted octanol–water partition coefficient (Wildman–Crippen LogP) is 4.74. The molecule has 0 saturated carbocycles. The number of rotatable bonds is 7. The summed E-state index contributed by atoms with van der Waals surface area (Å²) in [5, 5.41) is 0. The summed E-state index contributed by atoms with van der Waals surface area (Å²) in [5.41, 5.74) is 2.23. The second kappa shape index (κ2) is 9.44. The lowest BCUT2D eigenvalue weighted by atomic mass is 9.80. The molecule has 0 radical (unpaired) electrons. The molecule has 2 heterocycles. The molecular formula is C26H35N3O5S. The molecule has 0 aliphatic carbocycles. The molecule has 8 nitrogen and oxygen atoms in total. The number of ether oxygens (including phenoxy) is 2. The van der Waals surface area contributed by atoms with Crippen molar-refractivity contribution in [3.05, 3.63) is 58.5 Å². The highest BCUT2D eigenvalue weighted by molar-refractivity contribution is 7.92. The zero-order valence-corrected chi connectivity index (χ0v) is 22.1. The van der Waals surface area contributed by atoms with Gasteiger partial charge in [-0.2, -0.15) is 0 Å². The molecule has 1 saturated heterocycles. The zero-order valence-electron chi connectivity index (χ0n) is 21.2. The van der Waals surface area contributed by atoms with E-state index in [-0.39, 0.29) is 22.1 Å². The van der Waals surface area contributed by atoms with E-state index in [0.29, 0.717) is 36.8 Å². The maximum atomic E-state index is 13.3. The van der Waals surface area contributed by atoms with Crippen molar-refractivity contribution in [2.75, 3.05) is 11.3 Å². The third-order valence-corrected chi connectivity index (χ3v) is 7.98. The minimum atomic E-state index is -3.89. The van der Waals surface area contributed by atoms with Crippen LogP contribution in [0.5, 0.6) is 0 Å².